The zero-order chi connectivity index (χ0) is 17.2. The van der Waals surface area contributed by atoms with Crippen LogP contribution in [0.3, 0.4) is 0 Å². The van der Waals surface area contributed by atoms with E-state index in [2.05, 4.69) is 41.3 Å². The number of likely N-dealkylation sites (N-methyl/N-ethyl adjacent to an activating group) is 1. The Labute approximate surface area is 151 Å². The Morgan fingerprint density at radius 1 is 1.00 bits per heavy atom. The average molecular weight is 352 g/mol. The molecule has 3 aromatic rings. The molecule has 1 aromatic heterocycles. The first-order chi connectivity index (χ1) is 12.2. The Bertz CT molecular complexity index is 826. The van der Waals surface area contributed by atoms with Gasteiger partial charge in [0.2, 0.25) is 5.89 Å². The second kappa shape index (κ2) is 7.04. The Balaban J connectivity index is 1.71. The van der Waals surface area contributed by atoms with Gasteiger partial charge >= 0.3 is 0 Å². The minimum Gasteiger partial charge on any atom is -0.437 e. The van der Waals surface area contributed by atoms with E-state index in [-0.39, 0.29) is 0 Å². The molecule has 0 N–H and O–H groups in total. The molecule has 1 aliphatic rings. The fourth-order valence-electron chi connectivity index (χ4n) is 2.81. The fraction of sp³-hybridized carbons (Fsp3) is 0.250. The molecule has 0 fully saturated rings. The maximum absolute atomic E-state index is 6.11. The van der Waals surface area contributed by atoms with Crippen molar-refractivity contribution < 1.29 is 9.15 Å². The second-order valence-corrected chi connectivity index (χ2v) is 7.32. The normalized spacial score (nSPS) is 12.4. The lowest BCUT2D eigenvalue weighted by atomic mass is 10.1. The summed E-state index contributed by atoms with van der Waals surface area (Å²) >= 11 is 1.76. The summed E-state index contributed by atoms with van der Waals surface area (Å²) in [7, 11) is 4.06. The molecule has 0 bridgehead atoms. The van der Waals surface area contributed by atoms with Gasteiger partial charge in [0.05, 0.1) is 6.61 Å². The molecule has 5 heteroatoms. The van der Waals surface area contributed by atoms with Gasteiger partial charge in [-0.05, 0) is 26.2 Å². The first-order valence-corrected chi connectivity index (χ1v) is 9.13. The van der Waals surface area contributed by atoms with Crippen molar-refractivity contribution in [3.8, 4) is 22.6 Å². The summed E-state index contributed by atoms with van der Waals surface area (Å²) in [5, 5.41) is 0. The van der Waals surface area contributed by atoms with E-state index in [1.54, 1.807) is 11.8 Å². The van der Waals surface area contributed by atoms with Crippen molar-refractivity contribution in [3.63, 3.8) is 0 Å². The van der Waals surface area contributed by atoms with E-state index in [1.165, 1.54) is 9.79 Å². The van der Waals surface area contributed by atoms with Crippen LogP contribution in [0.25, 0.3) is 22.6 Å². The summed E-state index contributed by atoms with van der Waals surface area (Å²) < 4.78 is 11.8. The van der Waals surface area contributed by atoms with Gasteiger partial charge in [-0.25, -0.2) is 4.98 Å². The van der Waals surface area contributed by atoms with Crippen LogP contribution in [0.1, 0.15) is 5.89 Å². The molecule has 2 heterocycles. The van der Waals surface area contributed by atoms with Gasteiger partial charge in [-0.2, -0.15) is 0 Å². The summed E-state index contributed by atoms with van der Waals surface area (Å²) in [5.74, 6) is 1.46. The third kappa shape index (κ3) is 3.35. The van der Waals surface area contributed by atoms with Crippen LogP contribution in [0.15, 0.2) is 62.7 Å². The number of hydrogen-bond acceptors (Lipinski definition) is 5. The number of aromatic nitrogens is 1. The number of hydrogen-bond donors (Lipinski definition) is 0. The molecule has 4 nitrogen and oxygen atoms in total. The number of oxazole rings is 1. The van der Waals surface area contributed by atoms with Crippen molar-refractivity contribution in [2.24, 2.45) is 0 Å². The second-order valence-electron chi connectivity index (χ2n) is 6.24. The van der Waals surface area contributed by atoms with Gasteiger partial charge in [0.25, 0.3) is 0 Å². The summed E-state index contributed by atoms with van der Waals surface area (Å²) in [6, 6.07) is 16.7. The maximum atomic E-state index is 6.11. The summed E-state index contributed by atoms with van der Waals surface area (Å²) in [6.07, 6.45) is 0. The van der Waals surface area contributed by atoms with Crippen LogP contribution in [0, 0.1) is 0 Å². The molecule has 0 saturated carbocycles. The predicted molar refractivity (Wildman–Crippen MR) is 99.7 cm³/mol. The van der Waals surface area contributed by atoms with Gasteiger partial charge in [-0.15, -0.1) is 0 Å². The highest BCUT2D eigenvalue weighted by molar-refractivity contribution is 7.99. The maximum Gasteiger partial charge on any atom is 0.221 e. The Morgan fingerprint density at radius 2 is 1.68 bits per heavy atom. The molecule has 0 amide bonds. The molecule has 0 saturated heterocycles. The van der Waals surface area contributed by atoms with Crippen LogP contribution in [0.2, 0.25) is 0 Å². The van der Waals surface area contributed by atoms with Crippen LogP contribution in [0.5, 0.6) is 0 Å². The Kier molecular flexibility index (Phi) is 4.61. The zero-order valence-electron chi connectivity index (χ0n) is 14.4. The highest BCUT2D eigenvalue weighted by Gasteiger charge is 2.25. The predicted octanol–water partition coefficient (Wildman–Crippen LogP) is 4.55. The van der Waals surface area contributed by atoms with Crippen LogP contribution in [-0.4, -0.2) is 37.1 Å². The van der Waals surface area contributed by atoms with Crippen LogP contribution in [0.4, 0.5) is 0 Å². The van der Waals surface area contributed by atoms with Crippen LogP contribution >= 0.6 is 11.8 Å². The molecule has 0 unspecified atom stereocenters. The van der Waals surface area contributed by atoms with E-state index in [1.807, 2.05) is 26.2 Å². The first-order valence-electron chi connectivity index (χ1n) is 8.31. The van der Waals surface area contributed by atoms with Crippen LogP contribution in [-0.2, 0) is 11.3 Å². The SMILES string of the molecule is CN(C)CCOCc1nc2c(o1)-c1ccccc1Sc1ccccc1-2. The first kappa shape index (κ1) is 16.4. The average Bonchev–Trinajstić information content (AvgIpc) is 2.98. The molecular formula is C20H20N2O2S. The van der Waals surface area contributed by atoms with Gasteiger partial charge < -0.3 is 14.1 Å². The third-order valence-electron chi connectivity index (χ3n) is 4.07. The highest BCUT2D eigenvalue weighted by atomic mass is 32.2. The molecule has 128 valence electrons. The highest BCUT2D eigenvalue weighted by Crippen LogP contribution is 2.47. The van der Waals surface area contributed by atoms with E-state index in [4.69, 9.17) is 14.1 Å². The van der Waals surface area contributed by atoms with Crippen molar-refractivity contribution in [2.75, 3.05) is 27.2 Å². The molecule has 4 rings (SSSR count). The molecule has 0 spiro atoms. The lowest BCUT2D eigenvalue weighted by Crippen LogP contribution is -2.17. The molecule has 0 aliphatic carbocycles. The molecule has 0 radical (unpaired) electrons. The Hall–Kier alpha value is -2.08. The quantitative estimate of drug-likeness (QED) is 0.493. The van der Waals surface area contributed by atoms with E-state index in [9.17, 15) is 0 Å². The molecule has 1 aliphatic heterocycles. The fourth-order valence-corrected chi connectivity index (χ4v) is 3.89. The van der Waals surface area contributed by atoms with E-state index in [0.29, 0.717) is 19.1 Å². The monoisotopic (exact) mass is 352 g/mol. The van der Waals surface area contributed by atoms with Gasteiger partial charge in [-0.3, -0.25) is 0 Å². The minimum atomic E-state index is 0.387. The van der Waals surface area contributed by atoms with E-state index < -0.39 is 0 Å². The van der Waals surface area contributed by atoms with Gasteiger partial charge in [0, 0.05) is 27.5 Å². The minimum absolute atomic E-state index is 0.387. The smallest absolute Gasteiger partial charge is 0.221 e. The van der Waals surface area contributed by atoms with Crippen molar-refractivity contribution in [3.05, 3.63) is 54.4 Å². The third-order valence-corrected chi connectivity index (χ3v) is 5.23. The lowest BCUT2D eigenvalue weighted by molar-refractivity contribution is 0.0899. The summed E-state index contributed by atoms with van der Waals surface area (Å²) in [6.45, 7) is 1.92. The molecular weight excluding hydrogens is 332 g/mol. The standard InChI is InChI=1S/C20H20N2O2S/c1-22(2)11-12-23-13-18-21-19-14-7-3-5-9-16(14)25-17-10-6-4-8-15(17)20(19)24-18/h3-10H,11-13H2,1-2H3. The molecule has 0 atom stereocenters. The van der Waals surface area contributed by atoms with Gasteiger partial charge in [0.1, 0.15) is 12.3 Å². The Morgan fingerprint density at radius 3 is 2.44 bits per heavy atom. The topological polar surface area (TPSA) is 38.5 Å². The van der Waals surface area contributed by atoms with E-state index >= 15 is 0 Å². The van der Waals surface area contributed by atoms with Crippen molar-refractivity contribution in [1.82, 2.24) is 9.88 Å². The summed E-state index contributed by atoms with van der Waals surface area (Å²) in [4.78, 5) is 9.22. The lowest BCUT2D eigenvalue weighted by Gasteiger charge is -2.08. The largest absolute Gasteiger partial charge is 0.437 e. The number of benzene rings is 2. The summed E-state index contributed by atoms with van der Waals surface area (Å²) in [5.41, 5.74) is 3.10. The van der Waals surface area contributed by atoms with Crippen LogP contribution < -0.4 is 0 Å². The zero-order valence-corrected chi connectivity index (χ0v) is 15.2. The van der Waals surface area contributed by atoms with Crippen molar-refractivity contribution >= 4 is 11.8 Å². The number of rotatable bonds is 5. The molecule has 25 heavy (non-hydrogen) atoms. The van der Waals surface area contributed by atoms with E-state index in [0.717, 1.165) is 29.1 Å². The van der Waals surface area contributed by atoms with Crippen molar-refractivity contribution in [2.45, 2.75) is 16.4 Å². The number of nitrogens with zero attached hydrogens (tertiary/aromatic N) is 2. The van der Waals surface area contributed by atoms with Gasteiger partial charge in [-0.1, -0.05) is 48.2 Å². The number of fused-ring (bicyclic) bond motifs is 5. The number of ether oxygens (including phenoxy) is 1. The van der Waals surface area contributed by atoms with Gasteiger partial charge in [0.15, 0.2) is 5.76 Å². The molecule has 2 aromatic carbocycles. The van der Waals surface area contributed by atoms with Crippen molar-refractivity contribution in [1.29, 1.82) is 0 Å².